The minimum atomic E-state index is -2.86. The van der Waals surface area contributed by atoms with Crippen molar-refractivity contribution in [1.29, 1.82) is 0 Å². The summed E-state index contributed by atoms with van der Waals surface area (Å²) < 4.78 is 38.9. The van der Waals surface area contributed by atoms with Crippen LogP contribution in [0.4, 0.5) is 8.78 Å². The molecule has 1 aromatic carbocycles. The Hall–Kier alpha value is -3.23. The van der Waals surface area contributed by atoms with Gasteiger partial charge in [-0.2, -0.15) is 13.8 Å². The van der Waals surface area contributed by atoms with Crippen LogP contribution < -0.4 is 4.74 Å². The summed E-state index contributed by atoms with van der Waals surface area (Å²) in [6, 6.07) is 9.58. The van der Waals surface area contributed by atoms with Gasteiger partial charge in [0.1, 0.15) is 5.75 Å². The minimum absolute atomic E-state index is 0.0754. The van der Waals surface area contributed by atoms with Crippen LogP contribution in [0.3, 0.4) is 0 Å². The van der Waals surface area contributed by atoms with E-state index in [-0.39, 0.29) is 18.1 Å². The Morgan fingerprint density at radius 1 is 1.26 bits per heavy atom. The lowest BCUT2D eigenvalue weighted by atomic mass is 10.2. The van der Waals surface area contributed by atoms with E-state index in [0.29, 0.717) is 30.4 Å². The summed E-state index contributed by atoms with van der Waals surface area (Å²) in [6.07, 6.45) is 2.01. The molecule has 9 heteroatoms. The number of hydrogen-bond donors (Lipinski definition) is 0. The zero-order valence-electron chi connectivity index (χ0n) is 14.5. The highest BCUT2D eigenvalue weighted by molar-refractivity contribution is 5.76. The average molecular weight is 377 g/mol. The van der Waals surface area contributed by atoms with Gasteiger partial charge in [0, 0.05) is 26.4 Å². The Labute approximate surface area is 153 Å². The second-order valence-corrected chi connectivity index (χ2v) is 5.76. The molecule has 0 N–H and O–H groups in total. The van der Waals surface area contributed by atoms with Crippen molar-refractivity contribution >= 4 is 5.91 Å². The number of benzene rings is 1. The lowest BCUT2D eigenvalue weighted by Gasteiger charge is -2.17. The molecule has 0 fully saturated rings. The van der Waals surface area contributed by atoms with Gasteiger partial charge < -0.3 is 18.6 Å². The number of amides is 1. The molecule has 0 radical (unpaired) electrons. The number of carbonyl (C=O) groups is 1. The number of ether oxygens (including phenoxy) is 1. The first-order chi connectivity index (χ1) is 13.0. The fourth-order valence-corrected chi connectivity index (χ4v) is 2.41. The molecule has 0 aliphatic heterocycles. The van der Waals surface area contributed by atoms with Gasteiger partial charge in [-0.05, 0) is 29.8 Å². The lowest BCUT2D eigenvalue weighted by molar-refractivity contribution is -0.130. The Morgan fingerprint density at radius 3 is 2.70 bits per heavy atom. The van der Waals surface area contributed by atoms with Crippen LogP contribution in [0.2, 0.25) is 0 Å². The van der Waals surface area contributed by atoms with Gasteiger partial charge in [0.2, 0.25) is 17.6 Å². The first-order valence-electron chi connectivity index (χ1n) is 8.15. The van der Waals surface area contributed by atoms with Crippen LogP contribution in [-0.4, -0.2) is 34.6 Å². The topological polar surface area (TPSA) is 81.6 Å². The molecule has 0 unspecified atom stereocenters. The summed E-state index contributed by atoms with van der Waals surface area (Å²) in [5.41, 5.74) is 0.797. The van der Waals surface area contributed by atoms with Crippen LogP contribution in [0, 0.1) is 0 Å². The number of furan rings is 1. The maximum atomic E-state index is 12.3. The van der Waals surface area contributed by atoms with E-state index in [0.717, 1.165) is 5.56 Å². The summed E-state index contributed by atoms with van der Waals surface area (Å²) in [6.45, 7) is -2.52. The quantitative estimate of drug-likeness (QED) is 0.597. The first kappa shape index (κ1) is 18.6. The molecular weight excluding hydrogens is 360 g/mol. The lowest BCUT2D eigenvalue weighted by Crippen LogP contribution is -2.26. The molecule has 1 amide bonds. The van der Waals surface area contributed by atoms with Crippen molar-refractivity contribution in [3.8, 4) is 17.3 Å². The maximum absolute atomic E-state index is 12.3. The Bertz CT molecular complexity index is 863. The second kappa shape index (κ2) is 8.43. The highest BCUT2D eigenvalue weighted by atomic mass is 19.3. The van der Waals surface area contributed by atoms with Gasteiger partial charge in [-0.1, -0.05) is 17.3 Å². The van der Waals surface area contributed by atoms with Gasteiger partial charge in [0.05, 0.1) is 6.26 Å². The molecule has 0 bridgehead atoms. The van der Waals surface area contributed by atoms with E-state index in [1.807, 2.05) is 0 Å². The predicted octanol–water partition coefficient (Wildman–Crippen LogP) is 3.52. The van der Waals surface area contributed by atoms with Gasteiger partial charge >= 0.3 is 6.61 Å². The highest BCUT2D eigenvalue weighted by Crippen LogP contribution is 2.18. The number of aromatic nitrogens is 2. The molecular formula is C18H17F2N3O4. The third kappa shape index (κ3) is 5.13. The number of aryl methyl sites for hydroxylation is 1. The molecule has 0 saturated heterocycles. The SMILES string of the molecule is CN(Cc1ccc(OC(F)F)cc1)C(=O)CCc1nc(-c2ccco2)no1. The van der Waals surface area contributed by atoms with Crippen molar-refractivity contribution in [1.82, 2.24) is 15.0 Å². The van der Waals surface area contributed by atoms with E-state index in [2.05, 4.69) is 14.9 Å². The zero-order chi connectivity index (χ0) is 19.2. The predicted molar refractivity (Wildman–Crippen MR) is 89.9 cm³/mol. The molecule has 142 valence electrons. The van der Waals surface area contributed by atoms with Crippen molar-refractivity contribution in [3.05, 3.63) is 54.1 Å². The Morgan fingerprint density at radius 2 is 2.04 bits per heavy atom. The van der Waals surface area contributed by atoms with Gasteiger partial charge in [-0.15, -0.1) is 0 Å². The third-order valence-corrected chi connectivity index (χ3v) is 3.76. The molecule has 0 spiro atoms. The van der Waals surface area contributed by atoms with E-state index < -0.39 is 6.61 Å². The number of nitrogens with zero attached hydrogens (tertiary/aromatic N) is 3. The first-order valence-corrected chi connectivity index (χ1v) is 8.15. The molecule has 3 aromatic rings. The van der Waals surface area contributed by atoms with E-state index in [9.17, 15) is 13.6 Å². The zero-order valence-corrected chi connectivity index (χ0v) is 14.5. The summed E-state index contributed by atoms with van der Waals surface area (Å²) in [4.78, 5) is 18.0. The molecule has 27 heavy (non-hydrogen) atoms. The van der Waals surface area contributed by atoms with Gasteiger partial charge in [0.15, 0.2) is 5.76 Å². The van der Waals surface area contributed by atoms with Gasteiger partial charge in [0.25, 0.3) is 0 Å². The Balaban J connectivity index is 1.49. The van der Waals surface area contributed by atoms with Crippen molar-refractivity contribution in [2.45, 2.75) is 26.0 Å². The fourth-order valence-electron chi connectivity index (χ4n) is 2.41. The monoisotopic (exact) mass is 377 g/mol. The average Bonchev–Trinajstić information content (AvgIpc) is 3.32. The molecule has 0 saturated carbocycles. The van der Waals surface area contributed by atoms with Crippen molar-refractivity contribution < 1.29 is 27.3 Å². The number of carbonyl (C=O) groups excluding carboxylic acids is 1. The van der Waals surface area contributed by atoms with E-state index in [1.54, 1.807) is 31.3 Å². The smallest absolute Gasteiger partial charge is 0.387 e. The van der Waals surface area contributed by atoms with E-state index in [1.165, 1.54) is 23.3 Å². The highest BCUT2D eigenvalue weighted by Gasteiger charge is 2.15. The van der Waals surface area contributed by atoms with E-state index in [4.69, 9.17) is 8.94 Å². The van der Waals surface area contributed by atoms with Crippen LogP contribution in [0.25, 0.3) is 11.6 Å². The molecule has 0 aliphatic carbocycles. The van der Waals surface area contributed by atoms with Gasteiger partial charge in [-0.3, -0.25) is 4.79 Å². The maximum Gasteiger partial charge on any atom is 0.387 e. The number of alkyl halides is 2. The third-order valence-electron chi connectivity index (χ3n) is 3.76. The van der Waals surface area contributed by atoms with Crippen LogP contribution in [0.5, 0.6) is 5.75 Å². The molecule has 0 atom stereocenters. The van der Waals surface area contributed by atoms with E-state index >= 15 is 0 Å². The van der Waals surface area contributed by atoms with Crippen molar-refractivity contribution in [2.75, 3.05) is 7.05 Å². The summed E-state index contributed by atoms with van der Waals surface area (Å²) in [7, 11) is 1.66. The van der Waals surface area contributed by atoms with Gasteiger partial charge in [-0.25, -0.2) is 0 Å². The Kier molecular flexibility index (Phi) is 5.80. The fraction of sp³-hybridized carbons (Fsp3) is 0.278. The molecule has 2 heterocycles. The molecule has 3 rings (SSSR count). The molecule has 7 nitrogen and oxygen atoms in total. The standard InChI is InChI=1S/C18H17F2N3O4/c1-23(11-12-4-6-13(7-5-12)26-18(19)20)16(24)9-8-15-21-17(22-27-15)14-3-2-10-25-14/h2-7,10,18H,8-9,11H2,1H3. The normalized spacial score (nSPS) is 11.0. The van der Waals surface area contributed by atoms with Crippen LogP contribution >= 0.6 is 0 Å². The van der Waals surface area contributed by atoms with Crippen molar-refractivity contribution in [3.63, 3.8) is 0 Å². The summed E-state index contributed by atoms with van der Waals surface area (Å²) >= 11 is 0. The molecule has 0 aliphatic rings. The number of halogens is 2. The largest absolute Gasteiger partial charge is 0.461 e. The second-order valence-electron chi connectivity index (χ2n) is 5.76. The number of rotatable bonds is 8. The van der Waals surface area contributed by atoms with Crippen LogP contribution in [-0.2, 0) is 17.8 Å². The number of hydrogen-bond acceptors (Lipinski definition) is 6. The van der Waals surface area contributed by atoms with Crippen LogP contribution in [0.1, 0.15) is 17.9 Å². The summed E-state index contributed by atoms with van der Waals surface area (Å²) in [5.74, 6) is 1.14. The van der Waals surface area contributed by atoms with Crippen molar-refractivity contribution in [2.24, 2.45) is 0 Å². The summed E-state index contributed by atoms with van der Waals surface area (Å²) in [5, 5.41) is 3.81. The van der Waals surface area contributed by atoms with Crippen LogP contribution in [0.15, 0.2) is 51.6 Å². The molecule has 2 aromatic heterocycles. The minimum Gasteiger partial charge on any atom is -0.461 e.